The average molecular weight is 191 g/mol. The van der Waals surface area contributed by atoms with Crippen molar-refractivity contribution in [3.05, 3.63) is 34.9 Å². The van der Waals surface area contributed by atoms with Crippen molar-refractivity contribution >= 4 is 0 Å². The van der Waals surface area contributed by atoms with Crippen molar-refractivity contribution < 1.29 is 4.74 Å². The fourth-order valence-corrected chi connectivity index (χ4v) is 2.35. The van der Waals surface area contributed by atoms with Crippen LogP contribution in [0.4, 0.5) is 0 Å². The molecule has 2 nitrogen and oxygen atoms in total. The van der Waals surface area contributed by atoms with Gasteiger partial charge in [0.05, 0.1) is 0 Å². The average Bonchev–Trinajstić information content (AvgIpc) is 2.56. The summed E-state index contributed by atoms with van der Waals surface area (Å²) in [5, 5.41) is 0. The van der Waals surface area contributed by atoms with Crippen LogP contribution in [0.25, 0.3) is 0 Å². The molecule has 1 aromatic carbocycles. The van der Waals surface area contributed by atoms with E-state index >= 15 is 0 Å². The number of aryl methyl sites for hydroxylation is 2. The largest absolute Gasteiger partial charge is 0.372 e. The molecule has 1 aromatic rings. The second-order valence-corrected chi connectivity index (χ2v) is 4.06. The van der Waals surface area contributed by atoms with Crippen molar-refractivity contribution in [1.29, 1.82) is 0 Å². The van der Waals surface area contributed by atoms with E-state index in [-0.39, 0.29) is 5.60 Å². The monoisotopic (exact) mass is 191 g/mol. The molecule has 0 fully saturated rings. The lowest BCUT2D eigenvalue weighted by Crippen LogP contribution is -2.34. The molecule has 0 amide bonds. The van der Waals surface area contributed by atoms with Crippen LogP contribution in [0.1, 0.15) is 23.1 Å². The first-order valence-electron chi connectivity index (χ1n) is 5.07. The van der Waals surface area contributed by atoms with Crippen molar-refractivity contribution in [3.63, 3.8) is 0 Å². The third-order valence-electron chi connectivity index (χ3n) is 3.27. The van der Waals surface area contributed by atoms with Gasteiger partial charge in [0.25, 0.3) is 0 Å². The zero-order valence-electron chi connectivity index (χ0n) is 8.84. The van der Waals surface area contributed by atoms with Gasteiger partial charge in [0.2, 0.25) is 0 Å². The number of fused-ring (bicyclic) bond motifs is 1. The Bertz CT molecular complexity index is 342. The summed E-state index contributed by atoms with van der Waals surface area (Å²) < 4.78 is 5.59. The molecular formula is C12H17NO. The van der Waals surface area contributed by atoms with Crippen LogP contribution in [0.2, 0.25) is 0 Å². The van der Waals surface area contributed by atoms with E-state index in [0.717, 1.165) is 12.8 Å². The smallest absolute Gasteiger partial charge is 0.105 e. The molecule has 0 saturated heterocycles. The molecule has 0 aliphatic heterocycles. The van der Waals surface area contributed by atoms with Crippen molar-refractivity contribution in [2.75, 3.05) is 13.7 Å². The first-order valence-corrected chi connectivity index (χ1v) is 5.07. The molecule has 0 spiro atoms. The molecule has 0 aromatic heterocycles. The number of hydrogen-bond donors (Lipinski definition) is 1. The van der Waals surface area contributed by atoms with E-state index in [9.17, 15) is 0 Å². The van der Waals surface area contributed by atoms with Gasteiger partial charge >= 0.3 is 0 Å². The summed E-state index contributed by atoms with van der Waals surface area (Å²) in [5.74, 6) is 0. The molecule has 2 N–H and O–H groups in total. The highest BCUT2D eigenvalue weighted by atomic mass is 16.5. The van der Waals surface area contributed by atoms with Crippen LogP contribution < -0.4 is 5.73 Å². The molecule has 2 rings (SSSR count). The maximum Gasteiger partial charge on any atom is 0.105 e. The highest BCUT2D eigenvalue weighted by Gasteiger charge is 2.37. The zero-order valence-corrected chi connectivity index (χ0v) is 8.84. The van der Waals surface area contributed by atoms with Gasteiger partial charge in [-0.1, -0.05) is 23.8 Å². The van der Waals surface area contributed by atoms with Crippen LogP contribution in [0.15, 0.2) is 18.2 Å². The van der Waals surface area contributed by atoms with Crippen LogP contribution in [-0.2, 0) is 16.8 Å². The zero-order chi connectivity index (χ0) is 10.2. The van der Waals surface area contributed by atoms with Crippen molar-refractivity contribution in [2.24, 2.45) is 5.73 Å². The van der Waals surface area contributed by atoms with Crippen molar-refractivity contribution in [3.8, 4) is 0 Å². The molecule has 0 bridgehead atoms. The standard InChI is InChI=1S/C12H17NO/c1-9-3-4-11-10(7-9)5-6-12(11,8-13)14-2/h3-4,7H,5-6,8,13H2,1-2H3. The Morgan fingerprint density at radius 2 is 2.29 bits per heavy atom. The van der Waals surface area contributed by atoms with E-state index in [4.69, 9.17) is 10.5 Å². The maximum absolute atomic E-state index is 5.81. The van der Waals surface area contributed by atoms with Crippen LogP contribution in [-0.4, -0.2) is 13.7 Å². The van der Waals surface area contributed by atoms with Gasteiger partial charge in [0, 0.05) is 13.7 Å². The highest BCUT2D eigenvalue weighted by Crippen LogP contribution is 2.38. The summed E-state index contributed by atoms with van der Waals surface area (Å²) in [6.45, 7) is 2.69. The van der Waals surface area contributed by atoms with E-state index in [1.165, 1.54) is 16.7 Å². The summed E-state index contributed by atoms with van der Waals surface area (Å²) >= 11 is 0. The number of rotatable bonds is 2. The molecule has 1 aliphatic carbocycles. The second-order valence-electron chi connectivity index (χ2n) is 4.06. The minimum Gasteiger partial charge on any atom is -0.372 e. The lowest BCUT2D eigenvalue weighted by atomic mass is 9.95. The van der Waals surface area contributed by atoms with Crippen LogP contribution in [0.5, 0.6) is 0 Å². The van der Waals surface area contributed by atoms with Crippen molar-refractivity contribution in [1.82, 2.24) is 0 Å². The van der Waals surface area contributed by atoms with Gasteiger partial charge < -0.3 is 10.5 Å². The number of methoxy groups -OCH3 is 1. The summed E-state index contributed by atoms with van der Waals surface area (Å²) in [6, 6.07) is 6.54. The van der Waals surface area contributed by atoms with Crippen LogP contribution in [0.3, 0.4) is 0 Å². The molecule has 1 aliphatic rings. The van der Waals surface area contributed by atoms with Gasteiger partial charge in [-0.3, -0.25) is 0 Å². The third-order valence-corrected chi connectivity index (χ3v) is 3.27. The lowest BCUT2D eigenvalue weighted by molar-refractivity contribution is -0.00514. The number of ether oxygens (including phenoxy) is 1. The topological polar surface area (TPSA) is 35.2 Å². The fourth-order valence-electron chi connectivity index (χ4n) is 2.35. The third kappa shape index (κ3) is 1.26. The highest BCUT2D eigenvalue weighted by molar-refractivity contribution is 5.40. The fraction of sp³-hybridized carbons (Fsp3) is 0.500. The predicted octanol–water partition coefficient (Wildman–Crippen LogP) is 1.74. The number of benzene rings is 1. The van der Waals surface area contributed by atoms with Gasteiger partial charge in [0.1, 0.15) is 5.60 Å². The van der Waals surface area contributed by atoms with Crippen LogP contribution in [0, 0.1) is 6.92 Å². The predicted molar refractivity (Wildman–Crippen MR) is 57.2 cm³/mol. The molecule has 0 heterocycles. The second kappa shape index (κ2) is 3.37. The van der Waals surface area contributed by atoms with Gasteiger partial charge in [-0.25, -0.2) is 0 Å². The van der Waals surface area contributed by atoms with Gasteiger partial charge in [-0.2, -0.15) is 0 Å². The Balaban J connectivity index is 2.48. The van der Waals surface area contributed by atoms with Crippen molar-refractivity contribution in [2.45, 2.75) is 25.4 Å². The summed E-state index contributed by atoms with van der Waals surface area (Å²) in [6.07, 6.45) is 2.10. The van der Waals surface area contributed by atoms with E-state index < -0.39 is 0 Å². The Labute approximate surface area is 85.1 Å². The maximum atomic E-state index is 5.81. The SMILES string of the molecule is COC1(CN)CCc2cc(C)ccc21. The van der Waals surface area contributed by atoms with E-state index in [0.29, 0.717) is 6.54 Å². The minimum absolute atomic E-state index is 0.219. The Kier molecular flexibility index (Phi) is 2.33. The Morgan fingerprint density at radius 1 is 1.50 bits per heavy atom. The first-order chi connectivity index (χ1) is 6.72. The first kappa shape index (κ1) is 9.69. The number of hydrogen-bond acceptors (Lipinski definition) is 2. The van der Waals surface area contributed by atoms with Gasteiger partial charge in [-0.05, 0) is 30.9 Å². The van der Waals surface area contributed by atoms with Gasteiger partial charge in [0.15, 0.2) is 0 Å². The molecule has 2 heteroatoms. The Hall–Kier alpha value is -0.860. The molecule has 0 radical (unpaired) electrons. The molecule has 1 atom stereocenters. The molecular weight excluding hydrogens is 174 g/mol. The normalized spacial score (nSPS) is 25.1. The van der Waals surface area contributed by atoms with E-state index in [1.807, 2.05) is 0 Å². The summed E-state index contributed by atoms with van der Waals surface area (Å²) in [4.78, 5) is 0. The van der Waals surface area contributed by atoms with E-state index in [1.54, 1.807) is 7.11 Å². The Morgan fingerprint density at radius 3 is 2.93 bits per heavy atom. The molecule has 14 heavy (non-hydrogen) atoms. The molecule has 1 unspecified atom stereocenters. The minimum atomic E-state index is -0.219. The van der Waals surface area contributed by atoms with Gasteiger partial charge in [-0.15, -0.1) is 0 Å². The number of nitrogens with two attached hydrogens (primary N) is 1. The van der Waals surface area contributed by atoms with Crippen LogP contribution >= 0.6 is 0 Å². The molecule has 0 saturated carbocycles. The van der Waals surface area contributed by atoms with E-state index in [2.05, 4.69) is 25.1 Å². The summed E-state index contributed by atoms with van der Waals surface area (Å²) in [5.41, 5.74) is 9.59. The quantitative estimate of drug-likeness (QED) is 0.772. The lowest BCUT2D eigenvalue weighted by Gasteiger charge is -2.27. The summed E-state index contributed by atoms with van der Waals surface area (Å²) in [7, 11) is 1.75. The molecule has 76 valence electrons.